The van der Waals surface area contributed by atoms with Gasteiger partial charge in [-0.15, -0.1) is 0 Å². The van der Waals surface area contributed by atoms with Gasteiger partial charge in [-0.2, -0.15) is 0 Å². The van der Waals surface area contributed by atoms with Crippen LogP contribution in [0.4, 0.5) is 4.39 Å². The molecule has 1 saturated carbocycles. The highest BCUT2D eigenvalue weighted by atomic mass is 19.1. The number of halogens is 1. The summed E-state index contributed by atoms with van der Waals surface area (Å²) in [6, 6.07) is 5.61. The number of methoxy groups -OCH3 is 2. The second-order valence-electron chi connectivity index (χ2n) is 19.2. The van der Waals surface area contributed by atoms with E-state index in [1.165, 1.54) is 19.1 Å². The quantitative estimate of drug-likeness (QED) is 0.129. The highest BCUT2D eigenvalue weighted by Crippen LogP contribution is 2.39. The number of rotatable bonds is 9. The minimum absolute atomic E-state index is 0.0406. The van der Waals surface area contributed by atoms with Gasteiger partial charge < -0.3 is 44.5 Å². The van der Waals surface area contributed by atoms with Crippen molar-refractivity contribution in [2.75, 3.05) is 27.4 Å². The number of hydrogen-bond donors (Lipinski definition) is 3. The first kappa shape index (κ1) is 52.2. The van der Waals surface area contributed by atoms with E-state index in [-0.39, 0.29) is 67.7 Å². The van der Waals surface area contributed by atoms with E-state index in [0.29, 0.717) is 44.3 Å². The zero-order valence-corrected chi connectivity index (χ0v) is 39.8. The Morgan fingerprint density at radius 2 is 1.65 bits per heavy atom. The van der Waals surface area contributed by atoms with E-state index < -0.39 is 77.8 Å². The van der Waals surface area contributed by atoms with Crippen LogP contribution in [0.2, 0.25) is 0 Å². The third kappa shape index (κ3) is 13.0. The summed E-state index contributed by atoms with van der Waals surface area (Å²) in [7, 11) is 2.92. The Bertz CT molecular complexity index is 1870. The Hall–Kier alpha value is -3.79. The molecular weight excluding hydrogens is 836 g/mol. The molecule has 0 aromatic heterocycles. The molecule has 1 aromatic carbocycles. The normalized spacial score (nSPS) is 37.5. The summed E-state index contributed by atoms with van der Waals surface area (Å²) in [4.78, 5) is 58.2. The molecule has 2 bridgehead atoms. The largest absolute Gasteiger partial charge is 0.508 e. The predicted octanol–water partition coefficient (Wildman–Crippen LogP) is 7.21. The molecule has 4 N–H and O–H groups in total. The number of esters is 1. The molecule has 13 nitrogen and oxygen atoms in total. The summed E-state index contributed by atoms with van der Waals surface area (Å²) in [5, 5.41) is 21.7. The Balaban J connectivity index is 1.45. The smallest absolute Gasteiger partial charge is 0.329 e. The molecule has 14 heteroatoms. The third-order valence-corrected chi connectivity index (χ3v) is 14.4. The van der Waals surface area contributed by atoms with E-state index in [0.717, 1.165) is 24.0 Å². The lowest BCUT2D eigenvalue weighted by molar-refractivity contribution is -0.302. The van der Waals surface area contributed by atoms with Gasteiger partial charge in [-0.05, 0) is 125 Å². The van der Waals surface area contributed by atoms with Gasteiger partial charge in [0.25, 0.3) is 11.7 Å². The number of phenols is 1. The number of Topliss-reactive ketones (excluding diaryl/α,β-unsaturated/α-hetero) is 2. The van der Waals surface area contributed by atoms with Gasteiger partial charge in [0.05, 0.1) is 24.9 Å². The summed E-state index contributed by atoms with van der Waals surface area (Å²) in [5.74, 6) is -7.66. The zero-order valence-electron chi connectivity index (χ0n) is 39.8. The third-order valence-electron chi connectivity index (χ3n) is 14.4. The van der Waals surface area contributed by atoms with Crippen LogP contribution in [-0.2, 0) is 42.9 Å². The number of nitrogens with zero attached hydrogens (tertiary/aromatic N) is 1. The van der Waals surface area contributed by atoms with Crippen molar-refractivity contribution in [3.63, 3.8) is 0 Å². The second-order valence-corrected chi connectivity index (χ2v) is 19.2. The summed E-state index contributed by atoms with van der Waals surface area (Å²) in [6.45, 7) is 11.2. The summed E-state index contributed by atoms with van der Waals surface area (Å²) >= 11 is 0. The maximum absolute atomic E-state index is 16.3. The maximum atomic E-state index is 16.3. The molecule has 4 aliphatic rings. The van der Waals surface area contributed by atoms with Crippen LogP contribution in [0.25, 0.3) is 6.08 Å². The van der Waals surface area contributed by atoms with Crippen molar-refractivity contribution in [2.45, 2.75) is 167 Å². The summed E-state index contributed by atoms with van der Waals surface area (Å²) in [5.41, 5.74) is 8.68. The van der Waals surface area contributed by atoms with Crippen molar-refractivity contribution in [1.82, 2.24) is 4.90 Å². The fraction of sp³-hybridized carbons (Fsp3) is 0.686. The lowest BCUT2D eigenvalue weighted by atomic mass is 9.81. The molecule has 14 atom stereocenters. The van der Waals surface area contributed by atoms with Crippen LogP contribution in [0.3, 0.4) is 0 Å². The molecule has 1 aliphatic carbocycles. The molecule has 1 amide bonds. The second kappa shape index (κ2) is 23.8. The van der Waals surface area contributed by atoms with Crippen LogP contribution in [0, 0.1) is 29.6 Å². The molecule has 0 radical (unpaired) electrons. The van der Waals surface area contributed by atoms with Crippen LogP contribution >= 0.6 is 0 Å². The number of piperidine rings is 1. The number of carbonyl (C=O) groups is 4. The van der Waals surface area contributed by atoms with Gasteiger partial charge in [-0.1, -0.05) is 64.1 Å². The SMILES string of the molecule is CCC1/C=C(\C)C(F)C(C)CC(OC)C2OC(O)(C(=O)C(=O)N3CCCCC3C(=O)OC(C(C)=CC3CCC(N)C(OCC=Cc4ccc(O)cc4)C3)C(C)CCC1=O)C(C)CC2OC. The number of nitrogens with two attached hydrogens (primary N) is 1. The number of alkyl halides is 1. The average molecular weight is 911 g/mol. The van der Waals surface area contributed by atoms with Crippen LogP contribution in [0.15, 0.2) is 53.6 Å². The minimum Gasteiger partial charge on any atom is -0.508 e. The molecule has 3 fully saturated rings. The van der Waals surface area contributed by atoms with Crippen LogP contribution in [0.1, 0.15) is 118 Å². The van der Waals surface area contributed by atoms with E-state index in [1.807, 2.05) is 45.1 Å². The Morgan fingerprint density at radius 3 is 2.32 bits per heavy atom. The zero-order chi connectivity index (χ0) is 47.6. The predicted molar refractivity (Wildman–Crippen MR) is 245 cm³/mol. The summed E-state index contributed by atoms with van der Waals surface area (Å²) < 4.78 is 46.8. The van der Waals surface area contributed by atoms with Gasteiger partial charge in [0, 0.05) is 45.1 Å². The van der Waals surface area contributed by atoms with E-state index >= 15 is 4.39 Å². The van der Waals surface area contributed by atoms with Gasteiger partial charge in [-0.25, -0.2) is 9.18 Å². The van der Waals surface area contributed by atoms with Gasteiger partial charge in [-0.3, -0.25) is 14.4 Å². The van der Waals surface area contributed by atoms with Gasteiger partial charge in [0.15, 0.2) is 0 Å². The van der Waals surface area contributed by atoms with Gasteiger partial charge >= 0.3 is 5.97 Å². The first-order valence-electron chi connectivity index (χ1n) is 23.8. The number of amides is 1. The molecule has 0 spiro atoms. The van der Waals surface area contributed by atoms with E-state index in [9.17, 15) is 29.4 Å². The molecule has 2 saturated heterocycles. The van der Waals surface area contributed by atoms with Gasteiger partial charge in [0.1, 0.15) is 36.0 Å². The standard InChI is InChI=1S/C51H75FN2O11/c1-9-37-26-31(3)45(52)32(4)27-43(61-7)47-44(62-8)28-34(6)51(60,65-47)48(57)49(58)54-23-11-10-14-40(54)50(59)64-46(30(2)15-22-41(37)56)33(5)25-36-18-21-39(53)42(29-36)63-24-12-13-35-16-19-38(55)20-17-35/h12-13,16-17,19-20,25-26,30,32,34,36-37,39-40,42-47,55,60H,9-11,14-15,18,21-24,27-29,53H2,1-8H3/b13-12?,31-26+,33-25?. The van der Waals surface area contributed by atoms with Crippen molar-refractivity contribution in [3.8, 4) is 5.75 Å². The average Bonchev–Trinajstić information content (AvgIpc) is 3.30. The number of aromatic hydroxyl groups is 1. The highest BCUT2D eigenvalue weighted by molar-refractivity contribution is 6.39. The first-order valence-corrected chi connectivity index (χ1v) is 23.8. The summed E-state index contributed by atoms with van der Waals surface area (Å²) in [6.07, 6.45) is 7.52. The molecule has 362 valence electrons. The van der Waals surface area contributed by atoms with Crippen molar-refractivity contribution in [2.24, 2.45) is 35.3 Å². The number of carbonyl (C=O) groups excluding carboxylic acids is 4. The number of hydrogen-bond acceptors (Lipinski definition) is 12. The van der Waals surface area contributed by atoms with E-state index in [2.05, 4.69) is 6.08 Å². The lowest BCUT2D eigenvalue weighted by Gasteiger charge is -2.47. The van der Waals surface area contributed by atoms with Crippen LogP contribution in [0.5, 0.6) is 5.75 Å². The molecule has 3 heterocycles. The highest BCUT2D eigenvalue weighted by Gasteiger charge is 2.56. The number of fused-ring (bicyclic) bond motifs is 3. The minimum atomic E-state index is -2.58. The first-order chi connectivity index (χ1) is 30.9. The van der Waals surface area contributed by atoms with Crippen molar-refractivity contribution in [3.05, 3.63) is 59.2 Å². The molecule has 3 aliphatic heterocycles. The number of ether oxygens (including phenoxy) is 5. The number of cyclic esters (lactones) is 1. The Kier molecular flexibility index (Phi) is 19.1. The Labute approximate surface area is 385 Å². The van der Waals surface area contributed by atoms with Crippen LogP contribution in [-0.4, -0.2) is 120 Å². The fourth-order valence-electron chi connectivity index (χ4n) is 10.2. The number of phenolic OH excluding ortho intramolecular Hbond substituents is 1. The number of ketones is 2. The van der Waals surface area contributed by atoms with Crippen molar-refractivity contribution in [1.29, 1.82) is 0 Å². The van der Waals surface area contributed by atoms with Crippen LogP contribution < -0.4 is 5.73 Å². The monoisotopic (exact) mass is 911 g/mol. The fourth-order valence-corrected chi connectivity index (χ4v) is 10.2. The number of aliphatic hydroxyl groups is 1. The topological polar surface area (TPSA) is 184 Å². The maximum Gasteiger partial charge on any atom is 0.329 e. The molecule has 65 heavy (non-hydrogen) atoms. The van der Waals surface area contributed by atoms with Crippen molar-refractivity contribution < 1.29 is 57.5 Å². The van der Waals surface area contributed by atoms with Gasteiger partial charge in [0.2, 0.25) is 5.79 Å². The Morgan fingerprint density at radius 1 is 0.954 bits per heavy atom. The number of benzene rings is 1. The lowest BCUT2D eigenvalue weighted by Crippen LogP contribution is -2.64. The van der Waals surface area contributed by atoms with E-state index in [4.69, 9.17) is 29.4 Å². The number of allylic oxidation sites excluding steroid dienone is 3. The molecule has 1 aromatic rings. The molecular formula is C51H75FN2O11. The molecule has 5 rings (SSSR count). The van der Waals surface area contributed by atoms with E-state index in [1.54, 1.807) is 39.0 Å². The molecule has 14 unspecified atom stereocenters. The van der Waals surface area contributed by atoms with Crippen molar-refractivity contribution >= 4 is 29.5 Å².